The summed E-state index contributed by atoms with van der Waals surface area (Å²) < 4.78 is 10.2. The Hall–Kier alpha value is -3.61. The molecule has 0 saturated heterocycles. The van der Waals surface area contributed by atoms with Gasteiger partial charge >= 0.3 is 11.9 Å². The van der Waals surface area contributed by atoms with Crippen LogP contribution in [0.1, 0.15) is 63.0 Å². The van der Waals surface area contributed by atoms with Gasteiger partial charge in [-0.25, -0.2) is 0 Å². The van der Waals surface area contributed by atoms with E-state index in [1.807, 2.05) is 0 Å². The summed E-state index contributed by atoms with van der Waals surface area (Å²) in [6.45, 7) is 3.44. The quantitative estimate of drug-likeness (QED) is 0.398. The highest BCUT2D eigenvalue weighted by Crippen LogP contribution is 2.41. The molecule has 3 rings (SSSR count). The number of esters is 2. The van der Waals surface area contributed by atoms with Crippen molar-refractivity contribution in [1.29, 1.82) is 0 Å². The fourth-order valence-corrected chi connectivity index (χ4v) is 2.98. The van der Waals surface area contributed by atoms with Crippen molar-refractivity contribution < 1.29 is 33.4 Å². The largest absolute Gasteiger partial charge is 0.426 e. The SMILES string of the molecule is CC(=O)Oc1cc(C(C)=O)c(OC(C)=O)c2c1C(=O)c1ccccc1C2=O. The van der Waals surface area contributed by atoms with Crippen LogP contribution in [0.2, 0.25) is 0 Å². The number of carbonyl (C=O) groups excluding carboxylic acids is 5. The first-order valence-corrected chi connectivity index (χ1v) is 7.99. The first-order chi connectivity index (χ1) is 12.7. The van der Waals surface area contributed by atoms with Crippen LogP contribution in [-0.4, -0.2) is 29.3 Å². The predicted octanol–water partition coefficient (Wildman–Crippen LogP) is 2.52. The molecule has 1 aliphatic carbocycles. The minimum absolute atomic E-state index is 0.109. The summed E-state index contributed by atoms with van der Waals surface area (Å²) in [6, 6.07) is 7.25. The first kappa shape index (κ1) is 18.2. The van der Waals surface area contributed by atoms with Crippen LogP contribution in [0.15, 0.2) is 30.3 Å². The summed E-state index contributed by atoms with van der Waals surface area (Å²) in [5.41, 5.74) is -0.376. The molecule has 7 nitrogen and oxygen atoms in total. The van der Waals surface area contributed by atoms with Gasteiger partial charge < -0.3 is 9.47 Å². The maximum absolute atomic E-state index is 13.1. The van der Waals surface area contributed by atoms with E-state index in [9.17, 15) is 24.0 Å². The lowest BCUT2D eigenvalue weighted by molar-refractivity contribution is -0.133. The highest BCUT2D eigenvalue weighted by Gasteiger charge is 2.38. The topological polar surface area (TPSA) is 104 Å². The van der Waals surface area contributed by atoms with Gasteiger partial charge in [0.05, 0.1) is 16.7 Å². The van der Waals surface area contributed by atoms with E-state index in [-0.39, 0.29) is 39.3 Å². The molecule has 2 aromatic carbocycles. The fourth-order valence-electron chi connectivity index (χ4n) is 2.98. The molecule has 0 radical (unpaired) electrons. The zero-order valence-electron chi connectivity index (χ0n) is 14.7. The molecule has 1 aliphatic rings. The molecular weight excluding hydrogens is 352 g/mol. The lowest BCUT2D eigenvalue weighted by Crippen LogP contribution is -2.25. The number of fused-ring (bicyclic) bond motifs is 2. The number of carbonyl (C=O) groups is 5. The predicted molar refractivity (Wildman–Crippen MR) is 92.4 cm³/mol. The molecule has 0 unspecified atom stereocenters. The summed E-state index contributed by atoms with van der Waals surface area (Å²) in [4.78, 5) is 61.2. The van der Waals surface area contributed by atoms with Crippen LogP contribution in [0.5, 0.6) is 11.5 Å². The minimum atomic E-state index is -0.765. The third kappa shape index (κ3) is 3.03. The molecule has 0 spiro atoms. The molecule has 0 saturated carbocycles. The number of ether oxygens (including phenoxy) is 2. The molecule has 136 valence electrons. The van der Waals surface area contributed by atoms with Gasteiger partial charge in [0.15, 0.2) is 23.1 Å². The maximum Gasteiger partial charge on any atom is 0.308 e. The average molecular weight is 366 g/mol. The number of ketones is 3. The van der Waals surface area contributed by atoms with E-state index >= 15 is 0 Å². The Morgan fingerprint density at radius 3 is 1.78 bits per heavy atom. The summed E-state index contributed by atoms with van der Waals surface area (Å²) >= 11 is 0. The second-order valence-electron chi connectivity index (χ2n) is 5.95. The molecular formula is C20H14O7. The minimum Gasteiger partial charge on any atom is -0.426 e. The normalized spacial score (nSPS) is 12.1. The third-order valence-electron chi connectivity index (χ3n) is 3.99. The fraction of sp³-hybridized carbons (Fsp3) is 0.150. The van der Waals surface area contributed by atoms with Crippen LogP contribution in [0.3, 0.4) is 0 Å². The van der Waals surface area contributed by atoms with E-state index in [2.05, 4.69) is 0 Å². The monoisotopic (exact) mass is 366 g/mol. The van der Waals surface area contributed by atoms with Crippen LogP contribution in [0.25, 0.3) is 0 Å². The van der Waals surface area contributed by atoms with Gasteiger partial charge in [-0.2, -0.15) is 0 Å². The van der Waals surface area contributed by atoms with Gasteiger partial charge in [0.25, 0.3) is 0 Å². The number of rotatable bonds is 3. The highest BCUT2D eigenvalue weighted by molar-refractivity contribution is 6.31. The van der Waals surface area contributed by atoms with Crippen molar-refractivity contribution in [1.82, 2.24) is 0 Å². The summed E-state index contributed by atoms with van der Waals surface area (Å²) in [7, 11) is 0. The molecule has 0 atom stereocenters. The van der Waals surface area contributed by atoms with Crippen molar-refractivity contribution in [3.05, 3.63) is 58.1 Å². The number of benzene rings is 2. The molecule has 0 heterocycles. The molecule has 0 bridgehead atoms. The Morgan fingerprint density at radius 2 is 1.30 bits per heavy atom. The van der Waals surface area contributed by atoms with Gasteiger partial charge in [-0.3, -0.25) is 24.0 Å². The first-order valence-electron chi connectivity index (χ1n) is 7.99. The van der Waals surface area contributed by atoms with Crippen LogP contribution >= 0.6 is 0 Å². The highest BCUT2D eigenvalue weighted by atomic mass is 16.5. The Balaban J connectivity index is 2.43. The smallest absolute Gasteiger partial charge is 0.308 e. The van der Waals surface area contributed by atoms with E-state index in [1.54, 1.807) is 12.1 Å². The molecule has 7 heteroatoms. The average Bonchev–Trinajstić information content (AvgIpc) is 2.59. The van der Waals surface area contributed by atoms with Gasteiger partial charge in [-0.15, -0.1) is 0 Å². The van der Waals surface area contributed by atoms with E-state index in [1.165, 1.54) is 19.1 Å². The molecule has 0 aliphatic heterocycles. The zero-order valence-corrected chi connectivity index (χ0v) is 14.7. The Labute approximate surface area is 153 Å². The number of hydrogen-bond donors (Lipinski definition) is 0. The third-order valence-corrected chi connectivity index (χ3v) is 3.99. The second-order valence-corrected chi connectivity index (χ2v) is 5.95. The lowest BCUT2D eigenvalue weighted by atomic mass is 9.81. The standard InChI is InChI=1S/C20H14O7/c1-9(21)14-8-15(26-10(2)22)16-17(20(14)27-11(3)23)19(25)13-7-5-4-6-12(13)18(16)24/h4-8H,1-3H3. The molecule has 0 N–H and O–H groups in total. The second kappa shape index (κ2) is 6.60. The van der Waals surface area contributed by atoms with Crippen LogP contribution < -0.4 is 9.47 Å². The lowest BCUT2D eigenvalue weighted by Gasteiger charge is -2.23. The van der Waals surface area contributed by atoms with Gasteiger partial charge in [0.2, 0.25) is 0 Å². The number of Topliss-reactive ketones (excluding diaryl/α,β-unsaturated/α-hetero) is 1. The Morgan fingerprint density at radius 1 is 0.778 bits per heavy atom. The van der Waals surface area contributed by atoms with Crippen LogP contribution in [0.4, 0.5) is 0 Å². The Kier molecular flexibility index (Phi) is 4.45. The maximum atomic E-state index is 13.1. The van der Waals surface area contributed by atoms with Crippen molar-refractivity contribution in [2.45, 2.75) is 20.8 Å². The van der Waals surface area contributed by atoms with E-state index < -0.39 is 29.3 Å². The molecule has 27 heavy (non-hydrogen) atoms. The van der Waals surface area contributed by atoms with Crippen molar-refractivity contribution >= 4 is 29.3 Å². The number of hydrogen-bond acceptors (Lipinski definition) is 7. The Bertz CT molecular complexity index is 1050. The van der Waals surface area contributed by atoms with Crippen molar-refractivity contribution in [3.63, 3.8) is 0 Å². The summed E-state index contributed by atoms with van der Waals surface area (Å²) in [5, 5.41) is 0. The van der Waals surface area contributed by atoms with E-state index in [0.29, 0.717) is 0 Å². The summed E-state index contributed by atoms with van der Waals surface area (Å²) in [6.07, 6.45) is 0. The van der Waals surface area contributed by atoms with Gasteiger partial charge in [0.1, 0.15) is 5.75 Å². The van der Waals surface area contributed by atoms with Crippen LogP contribution in [-0.2, 0) is 9.59 Å². The van der Waals surface area contributed by atoms with Crippen molar-refractivity contribution in [2.24, 2.45) is 0 Å². The van der Waals surface area contributed by atoms with Gasteiger partial charge in [0, 0.05) is 25.0 Å². The van der Waals surface area contributed by atoms with Crippen molar-refractivity contribution in [2.75, 3.05) is 0 Å². The summed E-state index contributed by atoms with van der Waals surface area (Å²) in [5.74, 6) is -3.74. The zero-order chi connectivity index (χ0) is 19.9. The molecule has 2 aromatic rings. The van der Waals surface area contributed by atoms with E-state index in [4.69, 9.17) is 9.47 Å². The van der Waals surface area contributed by atoms with Crippen LogP contribution in [0, 0.1) is 0 Å². The van der Waals surface area contributed by atoms with Gasteiger partial charge in [-0.1, -0.05) is 24.3 Å². The van der Waals surface area contributed by atoms with E-state index in [0.717, 1.165) is 19.9 Å². The molecule has 0 amide bonds. The molecule has 0 fully saturated rings. The van der Waals surface area contributed by atoms with Gasteiger partial charge in [-0.05, 0) is 13.0 Å². The molecule has 0 aromatic heterocycles. The van der Waals surface area contributed by atoms with Crippen molar-refractivity contribution in [3.8, 4) is 11.5 Å².